The van der Waals surface area contributed by atoms with Gasteiger partial charge in [-0.2, -0.15) is 0 Å². The molecule has 0 spiro atoms. The van der Waals surface area contributed by atoms with Gasteiger partial charge in [0.05, 0.1) is 22.9 Å². The molecule has 0 amide bonds. The van der Waals surface area contributed by atoms with E-state index in [0.29, 0.717) is 31.1 Å². The van der Waals surface area contributed by atoms with Gasteiger partial charge in [0.15, 0.2) is 0 Å². The number of anilines is 2. The average Bonchev–Trinajstić information content (AvgIpc) is 2.86. The van der Waals surface area contributed by atoms with Crippen LogP contribution in [0.2, 0.25) is 5.02 Å². The van der Waals surface area contributed by atoms with E-state index in [1.807, 2.05) is 0 Å². The molecule has 20 heavy (non-hydrogen) atoms. The number of halogens is 1. The average molecular weight is 301 g/mol. The van der Waals surface area contributed by atoms with E-state index >= 15 is 0 Å². The van der Waals surface area contributed by atoms with Gasteiger partial charge >= 0.3 is 5.97 Å². The van der Waals surface area contributed by atoms with Crippen molar-refractivity contribution in [3.63, 3.8) is 0 Å². The van der Waals surface area contributed by atoms with Gasteiger partial charge in [-0.1, -0.05) is 11.6 Å². The molecule has 1 unspecified atom stereocenters. The molecule has 1 atom stereocenters. The Morgan fingerprint density at radius 3 is 2.95 bits per heavy atom. The van der Waals surface area contributed by atoms with Gasteiger partial charge in [0.25, 0.3) is 0 Å². The second kappa shape index (κ2) is 5.87. The molecule has 0 aromatic heterocycles. The highest BCUT2D eigenvalue weighted by Gasteiger charge is 2.35. The third-order valence-corrected chi connectivity index (χ3v) is 3.73. The fourth-order valence-electron chi connectivity index (χ4n) is 2.19. The number of carbonyl (C=O) groups is 1. The van der Waals surface area contributed by atoms with Crippen LogP contribution in [-0.2, 0) is 9.47 Å². The Hall–Kier alpha value is -1.50. The summed E-state index contributed by atoms with van der Waals surface area (Å²) in [5.41, 5.74) is 5.85. The van der Waals surface area contributed by atoms with E-state index in [9.17, 15) is 9.90 Å². The van der Waals surface area contributed by atoms with E-state index in [1.165, 1.54) is 12.1 Å². The quantitative estimate of drug-likeness (QED) is 0.718. The SMILES string of the molecule is COC1(CNc2c(Cl)cc(N)cc2C(=O)O)CCOC1. The number of methoxy groups -OCH3 is 1. The van der Waals surface area contributed by atoms with Crippen LogP contribution in [0.25, 0.3) is 0 Å². The second-order valence-corrected chi connectivity index (χ2v) is 5.18. The molecular weight excluding hydrogens is 284 g/mol. The Morgan fingerprint density at radius 1 is 1.65 bits per heavy atom. The van der Waals surface area contributed by atoms with Crippen molar-refractivity contribution in [2.75, 3.05) is 37.9 Å². The maximum absolute atomic E-state index is 11.3. The minimum absolute atomic E-state index is 0.0418. The molecule has 0 bridgehead atoms. The fraction of sp³-hybridized carbons (Fsp3) is 0.462. The number of nitrogens with two attached hydrogens (primary N) is 1. The summed E-state index contributed by atoms with van der Waals surface area (Å²) in [6.07, 6.45) is 0.742. The molecule has 1 aromatic carbocycles. The van der Waals surface area contributed by atoms with Crippen molar-refractivity contribution in [3.05, 3.63) is 22.7 Å². The van der Waals surface area contributed by atoms with E-state index in [1.54, 1.807) is 7.11 Å². The van der Waals surface area contributed by atoms with Crippen LogP contribution in [0.15, 0.2) is 12.1 Å². The molecule has 1 aromatic rings. The summed E-state index contributed by atoms with van der Waals surface area (Å²) in [5, 5.41) is 12.5. The van der Waals surface area contributed by atoms with Gasteiger partial charge in [-0.25, -0.2) is 4.79 Å². The van der Waals surface area contributed by atoms with Gasteiger partial charge in [-0.3, -0.25) is 0 Å². The van der Waals surface area contributed by atoms with E-state index in [0.717, 1.165) is 6.42 Å². The molecule has 2 rings (SSSR count). The number of ether oxygens (including phenoxy) is 2. The van der Waals surface area contributed by atoms with Gasteiger partial charge in [0, 0.05) is 32.4 Å². The molecule has 0 radical (unpaired) electrons. The number of hydrogen-bond donors (Lipinski definition) is 3. The number of nitrogens with one attached hydrogen (secondary N) is 1. The van der Waals surface area contributed by atoms with Crippen molar-refractivity contribution in [1.82, 2.24) is 0 Å². The zero-order chi connectivity index (χ0) is 14.8. The predicted octanol–water partition coefficient (Wildman–Crippen LogP) is 1.84. The van der Waals surface area contributed by atoms with E-state index < -0.39 is 11.6 Å². The molecular formula is C13H17ClN2O4. The molecule has 6 nitrogen and oxygen atoms in total. The van der Waals surface area contributed by atoms with E-state index in [2.05, 4.69) is 5.32 Å². The predicted molar refractivity (Wildman–Crippen MR) is 76.5 cm³/mol. The van der Waals surface area contributed by atoms with Crippen LogP contribution in [0.3, 0.4) is 0 Å². The molecule has 1 aliphatic rings. The minimum atomic E-state index is -1.09. The Kier molecular flexibility index (Phi) is 4.37. The highest BCUT2D eigenvalue weighted by molar-refractivity contribution is 6.34. The third kappa shape index (κ3) is 2.98. The first kappa shape index (κ1) is 14.9. The number of aromatic carboxylic acids is 1. The maximum atomic E-state index is 11.3. The minimum Gasteiger partial charge on any atom is -0.478 e. The summed E-state index contributed by atoms with van der Waals surface area (Å²) < 4.78 is 10.8. The standard InChI is InChI=1S/C13H17ClN2O4/c1-19-13(2-3-20-7-13)6-16-11-9(12(17)18)4-8(15)5-10(11)14/h4-5,16H,2-3,6-7,15H2,1H3,(H,17,18). The van der Waals surface area contributed by atoms with Crippen molar-refractivity contribution in [2.45, 2.75) is 12.0 Å². The normalized spacial score (nSPS) is 21.9. The first-order valence-electron chi connectivity index (χ1n) is 6.16. The van der Waals surface area contributed by atoms with Crippen molar-refractivity contribution >= 4 is 28.9 Å². The van der Waals surface area contributed by atoms with Crippen LogP contribution in [0.5, 0.6) is 0 Å². The van der Waals surface area contributed by atoms with Crippen LogP contribution < -0.4 is 11.1 Å². The van der Waals surface area contributed by atoms with Crippen LogP contribution in [-0.4, -0.2) is 43.5 Å². The van der Waals surface area contributed by atoms with Gasteiger partial charge in [-0.05, 0) is 12.1 Å². The number of hydrogen-bond acceptors (Lipinski definition) is 5. The zero-order valence-corrected chi connectivity index (χ0v) is 11.9. The maximum Gasteiger partial charge on any atom is 0.337 e. The molecule has 1 heterocycles. The van der Waals surface area contributed by atoms with Crippen LogP contribution in [0.1, 0.15) is 16.8 Å². The number of rotatable bonds is 5. The lowest BCUT2D eigenvalue weighted by Gasteiger charge is -2.27. The van der Waals surface area contributed by atoms with Crippen molar-refractivity contribution in [1.29, 1.82) is 0 Å². The number of carboxylic acids is 1. The zero-order valence-electron chi connectivity index (χ0n) is 11.1. The summed E-state index contributed by atoms with van der Waals surface area (Å²) in [6, 6.07) is 2.89. The molecule has 110 valence electrons. The van der Waals surface area contributed by atoms with E-state index in [4.69, 9.17) is 26.8 Å². The van der Waals surface area contributed by atoms with Gasteiger partial charge < -0.3 is 25.6 Å². The van der Waals surface area contributed by atoms with Crippen molar-refractivity contribution in [2.24, 2.45) is 0 Å². The van der Waals surface area contributed by atoms with E-state index in [-0.39, 0.29) is 10.6 Å². The lowest BCUT2D eigenvalue weighted by atomic mass is 10.0. The summed E-state index contributed by atoms with van der Waals surface area (Å²) >= 11 is 6.07. The third-order valence-electron chi connectivity index (χ3n) is 3.43. The first-order chi connectivity index (χ1) is 9.47. The highest BCUT2D eigenvalue weighted by atomic mass is 35.5. The van der Waals surface area contributed by atoms with Crippen LogP contribution >= 0.6 is 11.6 Å². The smallest absolute Gasteiger partial charge is 0.337 e. The summed E-state index contributed by atoms with van der Waals surface area (Å²) in [6.45, 7) is 1.50. The first-order valence-corrected chi connectivity index (χ1v) is 6.54. The summed E-state index contributed by atoms with van der Waals surface area (Å²) in [5.74, 6) is -1.09. The molecule has 0 aliphatic carbocycles. The van der Waals surface area contributed by atoms with Gasteiger partial charge in [0.1, 0.15) is 5.60 Å². The molecule has 1 fully saturated rings. The largest absolute Gasteiger partial charge is 0.478 e. The fourth-order valence-corrected chi connectivity index (χ4v) is 2.48. The summed E-state index contributed by atoms with van der Waals surface area (Å²) in [4.78, 5) is 11.3. The van der Waals surface area contributed by atoms with Crippen LogP contribution in [0, 0.1) is 0 Å². The lowest BCUT2D eigenvalue weighted by molar-refractivity contribution is -0.00622. The Balaban J connectivity index is 2.22. The number of carboxylic acid groups (broad SMARTS) is 1. The highest BCUT2D eigenvalue weighted by Crippen LogP contribution is 2.31. The van der Waals surface area contributed by atoms with Gasteiger partial charge in [-0.15, -0.1) is 0 Å². The van der Waals surface area contributed by atoms with Gasteiger partial charge in [0.2, 0.25) is 0 Å². The number of nitrogen functional groups attached to an aromatic ring is 1. The van der Waals surface area contributed by atoms with Crippen molar-refractivity contribution < 1.29 is 19.4 Å². The number of benzene rings is 1. The lowest BCUT2D eigenvalue weighted by Crippen LogP contribution is -2.39. The molecule has 0 saturated carbocycles. The topological polar surface area (TPSA) is 93.8 Å². The molecule has 1 saturated heterocycles. The Morgan fingerprint density at radius 2 is 2.40 bits per heavy atom. The van der Waals surface area contributed by atoms with Crippen molar-refractivity contribution in [3.8, 4) is 0 Å². The Bertz CT molecular complexity index is 515. The molecule has 7 heteroatoms. The summed E-state index contributed by atoms with van der Waals surface area (Å²) in [7, 11) is 1.61. The van der Waals surface area contributed by atoms with Crippen LogP contribution in [0.4, 0.5) is 11.4 Å². The monoisotopic (exact) mass is 300 g/mol. The molecule has 1 aliphatic heterocycles. The second-order valence-electron chi connectivity index (χ2n) is 4.77. The Labute approximate surface area is 121 Å². The molecule has 4 N–H and O–H groups in total.